The summed E-state index contributed by atoms with van der Waals surface area (Å²) in [6, 6.07) is 14.9. The normalized spacial score (nSPS) is 16.2. The Bertz CT molecular complexity index is 2690. The van der Waals surface area contributed by atoms with Gasteiger partial charge in [-0.1, -0.05) is 24.0 Å². The molecule has 2 N–H and O–H groups in total. The van der Waals surface area contributed by atoms with Gasteiger partial charge in [0, 0.05) is 100 Å². The molecular formula is C44H42F2N8O5. The molecule has 0 radical (unpaired) electrons. The molecule has 3 aliphatic heterocycles. The van der Waals surface area contributed by atoms with Crippen LogP contribution in [0.3, 0.4) is 0 Å². The third-order valence-corrected chi connectivity index (χ3v) is 11.4. The van der Waals surface area contributed by atoms with E-state index in [2.05, 4.69) is 27.5 Å². The van der Waals surface area contributed by atoms with E-state index in [9.17, 15) is 32.8 Å². The van der Waals surface area contributed by atoms with E-state index in [0.717, 1.165) is 34.4 Å². The number of hydrogen-bond donors (Lipinski definition) is 2. The van der Waals surface area contributed by atoms with E-state index in [1.54, 1.807) is 59.6 Å². The molecule has 59 heavy (non-hydrogen) atoms. The van der Waals surface area contributed by atoms with E-state index in [0.29, 0.717) is 52.9 Å². The van der Waals surface area contributed by atoms with Gasteiger partial charge in [-0.05, 0) is 78.4 Å². The lowest BCUT2D eigenvalue weighted by Crippen LogP contribution is -2.52. The van der Waals surface area contributed by atoms with Gasteiger partial charge < -0.3 is 20.0 Å². The Morgan fingerprint density at radius 3 is 2.56 bits per heavy atom. The molecule has 3 aliphatic rings. The molecule has 8 rings (SSSR count). The maximum absolute atomic E-state index is 14.8. The molecule has 13 nitrogen and oxygen atoms in total. The summed E-state index contributed by atoms with van der Waals surface area (Å²) in [6.45, 7) is 1.04. The highest BCUT2D eigenvalue weighted by atomic mass is 19.3. The Kier molecular flexibility index (Phi) is 10.3. The van der Waals surface area contributed by atoms with Crippen molar-refractivity contribution in [3.8, 4) is 23.0 Å². The number of imide groups is 1. The van der Waals surface area contributed by atoms with Crippen LogP contribution in [0.25, 0.3) is 22.2 Å². The molecular weight excluding hydrogens is 759 g/mol. The van der Waals surface area contributed by atoms with Crippen LogP contribution in [0.15, 0.2) is 65.6 Å². The van der Waals surface area contributed by atoms with E-state index in [4.69, 9.17) is 0 Å². The summed E-state index contributed by atoms with van der Waals surface area (Å²) >= 11 is 0. The van der Waals surface area contributed by atoms with Crippen LogP contribution in [0.2, 0.25) is 0 Å². The fraction of sp³-hybridized carbons (Fsp3) is 0.318. The van der Waals surface area contributed by atoms with Crippen molar-refractivity contribution in [3.05, 3.63) is 105 Å². The number of amides is 4. The van der Waals surface area contributed by atoms with Crippen LogP contribution in [-0.4, -0.2) is 75.9 Å². The van der Waals surface area contributed by atoms with Crippen molar-refractivity contribution in [3.63, 3.8) is 0 Å². The summed E-state index contributed by atoms with van der Waals surface area (Å²) in [5.74, 6) is 4.57. The van der Waals surface area contributed by atoms with Crippen molar-refractivity contribution >= 4 is 51.7 Å². The third-order valence-electron chi connectivity index (χ3n) is 11.4. The number of alkyl halides is 2. The standard InChI is InChI=1S/C44H42F2N8O5/c1-50(2)36-20-28(21-37-39(36)52(4)44(59)51(37)3)53-18-8-11-26-19-30(31(40(45)46)22-35(26)53)27-13-14-33(48-23-27)41(56)47-17-6-5-9-25-10-7-12-29-32(25)24-54(43(29)58)34-15-16-38(55)49-42(34)57/h7,10,12-14,19-23,34,40H,6,8,11,15-18,24H2,1-4H3,(H,47,56)(H,49,55,57). The Morgan fingerprint density at radius 2 is 1.83 bits per heavy atom. The fourth-order valence-electron chi connectivity index (χ4n) is 8.33. The smallest absolute Gasteiger partial charge is 0.328 e. The number of pyridine rings is 1. The topological polar surface area (TPSA) is 142 Å². The lowest BCUT2D eigenvalue weighted by Gasteiger charge is -2.33. The van der Waals surface area contributed by atoms with Gasteiger partial charge in [-0.25, -0.2) is 13.6 Å². The second-order valence-electron chi connectivity index (χ2n) is 15.2. The van der Waals surface area contributed by atoms with E-state index >= 15 is 0 Å². The number of fused-ring (bicyclic) bond motifs is 3. The number of nitrogens with one attached hydrogen (secondary N) is 2. The summed E-state index contributed by atoms with van der Waals surface area (Å²) in [6.07, 6.45) is 0.880. The first kappa shape index (κ1) is 39.0. The molecule has 1 fully saturated rings. The Balaban J connectivity index is 0.955. The van der Waals surface area contributed by atoms with Crippen molar-refractivity contribution in [2.45, 2.75) is 51.1 Å². The monoisotopic (exact) mass is 800 g/mol. The number of anilines is 3. The highest BCUT2D eigenvalue weighted by Crippen LogP contribution is 2.43. The first-order chi connectivity index (χ1) is 28.3. The molecule has 1 unspecified atom stereocenters. The molecule has 5 heterocycles. The molecule has 0 saturated carbocycles. The van der Waals surface area contributed by atoms with Gasteiger partial charge >= 0.3 is 5.69 Å². The molecule has 1 saturated heterocycles. The number of carbonyl (C=O) groups is 4. The van der Waals surface area contributed by atoms with E-state index in [1.165, 1.54) is 17.2 Å². The second kappa shape index (κ2) is 15.5. The average Bonchev–Trinajstić information content (AvgIpc) is 3.67. The van der Waals surface area contributed by atoms with Gasteiger partial charge in [-0.15, -0.1) is 0 Å². The van der Waals surface area contributed by atoms with E-state index < -0.39 is 24.3 Å². The molecule has 3 aromatic carbocycles. The number of halogens is 2. The van der Waals surface area contributed by atoms with Crippen LogP contribution in [0.1, 0.15) is 75.2 Å². The molecule has 0 bridgehead atoms. The predicted molar refractivity (Wildman–Crippen MR) is 219 cm³/mol. The third kappa shape index (κ3) is 7.09. The zero-order valence-corrected chi connectivity index (χ0v) is 33.1. The van der Waals surface area contributed by atoms with Gasteiger partial charge in [0.2, 0.25) is 11.8 Å². The highest BCUT2D eigenvalue weighted by molar-refractivity contribution is 6.05. The second-order valence-corrected chi connectivity index (χ2v) is 15.2. The number of benzene rings is 3. The molecule has 302 valence electrons. The van der Waals surface area contributed by atoms with Gasteiger partial charge in [0.15, 0.2) is 0 Å². The van der Waals surface area contributed by atoms with Gasteiger partial charge in [0.25, 0.3) is 18.2 Å². The average molecular weight is 801 g/mol. The van der Waals surface area contributed by atoms with Gasteiger partial charge in [-0.3, -0.25) is 38.6 Å². The number of imidazole rings is 1. The van der Waals surface area contributed by atoms with Crippen molar-refractivity contribution in [1.29, 1.82) is 0 Å². The largest absolute Gasteiger partial charge is 0.376 e. The zero-order chi connectivity index (χ0) is 41.7. The van der Waals surface area contributed by atoms with Crippen molar-refractivity contribution in [1.82, 2.24) is 29.7 Å². The summed E-state index contributed by atoms with van der Waals surface area (Å²) < 4.78 is 32.8. The van der Waals surface area contributed by atoms with Crippen molar-refractivity contribution < 1.29 is 28.0 Å². The number of carbonyl (C=O) groups excluding carboxylic acids is 4. The number of aryl methyl sites for hydroxylation is 3. The number of nitrogens with zero attached hydrogens (tertiary/aromatic N) is 6. The fourth-order valence-corrected chi connectivity index (χ4v) is 8.33. The van der Waals surface area contributed by atoms with Crippen LogP contribution in [0, 0.1) is 11.8 Å². The lowest BCUT2D eigenvalue weighted by molar-refractivity contribution is -0.136. The highest BCUT2D eigenvalue weighted by Gasteiger charge is 2.39. The predicted octanol–water partition coefficient (Wildman–Crippen LogP) is 4.96. The Morgan fingerprint density at radius 1 is 1.02 bits per heavy atom. The SMILES string of the molecule is CN(C)c1cc(N2CCCc3cc(-c4ccc(C(=O)NCCC#Cc5cccc6c5CN(C5CCC(=O)NC5=O)C6=O)nc4)c(C(F)F)cc32)cc2c1n(C)c(=O)n2C. The van der Waals surface area contributed by atoms with Gasteiger partial charge in [0.05, 0.1) is 16.7 Å². The first-order valence-electron chi connectivity index (χ1n) is 19.4. The van der Waals surface area contributed by atoms with Crippen LogP contribution in [0.4, 0.5) is 25.8 Å². The van der Waals surface area contributed by atoms with Gasteiger partial charge in [-0.2, -0.15) is 0 Å². The summed E-state index contributed by atoms with van der Waals surface area (Å²) in [4.78, 5) is 72.8. The molecule has 2 aromatic heterocycles. The molecule has 15 heteroatoms. The molecule has 0 aliphatic carbocycles. The van der Waals surface area contributed by atoms with Crippen molar-refractivity contribution in [2.75, 3.05) is 37.0 Å². The lowest BCUT2D eigenvalue weighted by atomic mass is 9.92. The summed E-state index contributed by atoms with van der Waals surface area (Å²) in [5, 5.41) is 5.10. The Hall–Kier alpha value is -6.82. The van der Waals surface area contributed by atoms with Crippen LogP contribution in [-0.2, 0) is 36.6 Å². The van der Waals surface area contributed by atoms with Crippen molar-refractivity contribution in [2.24, 2.45) is 14.1 Å². The van der Waals surface area contributed by atoms with Gasteiger partial charge in [0.1, 0.15) is 11.7 Å². The maximum Gasteiger partial charge on any atom is 0.328 e. The molecule has 0 spiro atoms. The van der Waals surface area contributed by atoms with E-state index in [-0.39, 0.29) is 54.7 Å². The molecule has 1 atom stereocenters. The quantitative estimate of drug-likeness (QED) is 0.128. The first-order valence-corrected chi connectivity index (χ1v) is 19.4. The number of hydrogen-bond acceptors (Lipinski definition) is 8. The maximum atomic E-state index is 14.8. The molecule has 5 aromatic rings. The Labute approximate surface area is 338 Å². The number of rotatable bonds is 8. The minimum atomic E-state index is -2.78. The number of piperidine rings is 1. The molecule has 4 amide bonds. The minimum Gasteiger partial charge on any atom is -0.376 e. The number of aromatic nitrogens is 3. The van der Waals surface area contributed by atoms with E-state index in [1.807, 2.05) is 36.0 Å². The van der Waals surface area contributed by atoms with Crippen LogP contribution >= 0.6 is 0 Å². The summed E-state index contributed by atoms with van der Waals surface area (Å²) in [5.41, 5.74) is 7.24. The van der Waals surface area contributed by atoms with Crippen LogP contribution < -0.4 is 26.1 Å². The summed E-state index contributed by atoms with van der Waals surface area (Å²) in [7, 11) is 7.28. The zero-order valence-electron chi connectivity index (χ0n) is 33.1. The minimum absolute atomic E-state index is 0.125. The van der Waals surface area contributed by atoms with Crippen LogP contribution in [0.5, 0.6) is 0 Å².